The zero-order valence-electron chi connectivity index (χ0n) is 27.5. The average Bonchev–Trinajstić information content (AvgIpc) is 3.06. The molecule has 1 aliphatic carbocycles. The summed E-state index contributed by atoms with van der Waals surface area (Å²) in [6, 6.07) is 24.3. The van der Waals surface area contributed by atoms with Crippen molar-refractivity contribution in [1.82, 2.24) is 15.5 Å². The zero-order valence-corrected chi connectivity index (χ0v) is 28.5. The predicted octanol–water partition coefficient (Wildman–Crippen LogP) is 4.85. The fourth-order valence-corrected chi connectivity index (χ4v) is 6.73. The molecule has 10 heteroatoms. The van der Waals surface area contributed by atoms with Gasteiger partial charge in [-0.2, -0.15) is 13.5 Å². The molecule has 3 aromatic rings. The highest BCUT2D eigenvalue weighted by Gasteiger charge is 2.49. The number of carbonyl (C=O) groups is 4. The number of fused-ring (bicyclic) bond motifs is 1. The van der Waals surface area contributed by atoms with Gasteiger partial charge in [-0.1, -0.05) is 66.7 Å². The molecule has 1 aliphatic heterocycles. The molecule has 3 aromatic carbocycles. The topological polar surface area (TPSA) is 114 Å². The number of ether oxygens (including phenoxy) is 2. The lowest BCUT2D eigenvalue weighted by atomic mass is 9.62. The second kappa shape index (κ2) is 15.1. The molecule has 2 N–H and O–H groups in total. The number of hydrogen-bond donors (Lipinski definition) is 2. The molecule has 3 amide bonds. The van der Waals surface area contributed by atoms with Crippen molar-refractivity contribution in [2.75, 3.05) is 26.7 Å². The third kappa shape index (κ3) is 7.81. The summed E-state index contributed by atoms with van der Waals surface area (Å²) in [6.07, 6.45) is 2.15. The Hall–Kier alpha value is -4.31. The lowest BCUT2D eigenvalue weighted by molar-refractivity contribution is -0.154. The van der Waals surface area contributed by atoms with Gasteiger partial charge < -0.3 is 25.0 Å². The molecule has 5 rings (SSSR count). The van der Waals surface area contributed by atoms with Gasteiger partial charge in [0.1, 0.15) is 17.9 Å². The minimum atomic E-state index is -1.08. The zero-order chi connectivity index (χ0) is 32.9. The number of rotatable bonds is 8. The van der Waals surface area contributed by atoms with E-state index in [1.165, 1.54) is 0 Å². The number of piperidine rings is 1. The van der Waals surface area contributed by atoms with Crippen molar-refractivity contribution >= 4 is 37.2 Å². The number of nitrogens with zero attached hydrogens (tertiary/aromatic N) is 1. The fraction of sp³-hybridized carbons (Fsp3) is 0.405. The van der Waals surface area contributed by atoms with E-state index in [0.29, 0.717) is 50.1 Å². The SMILES string of the molecule is COc1ccccc1C(=O)NC1CCN(C(=O)[C@H]2CC[C@@](C(=O)NCC(=O)OC(C)(C)C)(c3ccccc3)c3ccccc32)CC1.S. The maximum absolute atomic E-state index is 14.1. The second-order valence-electron chi connectivity index (χ2n) is 13.0. The van der Waals surface area contributed by atoms with Crippen molar-refractivity contribution in [3.8, 4) is 5.75 Å². The molecule has 9 nitrogen and oxygen atoms in total. The van der Waals surface area contributed by atoms with E-state index in [4.69, 9.17) is 9.47 Å². The van der Waals surface area contributed by atoms with E-state index in [1.54, 1.807) is 46.1 Å². The molecule has 250 valence electrons. The Kier molecular flexibility index (Phi) is 11.4. The molecular formula is C37H45N3O6S. The Morgan fingerprint density at radius 1 is 0.872 bits per heavy atom. The maximum Gasteiger partial charge on any atom is 0.325 e. The third-order valence-corrected chi connectivity index (χ3v) is 8.86. The molecule has 1 fully saturated rings. The van der Waals surface area contributed by atoms with Crippen LogP contribution in [0.5, 0.6) is 5.75 Å². The highest BCUT2D eigenvalue weighted by Crippen LogP contribution is 2.48. The first-order valence-corrected chi connectivity index (χ1v) is 15.9. The number of methoxy groups -OCH3 is 1. The van der Waals surface area contributed by atoms with Gasteiger partial charge in [0, 0.05) is 19.1 Å². The number of likely N-dealkylation sites (tertiary alicyclic amines) is 1. The van der Waals surface area contributed by atoms with Gasteiger partial charge in [0.05, 0.1) is 24.0 Å². The van der Waals surface area contributed by atoms with Crippen molar-refractivity contribution < 1.29 is 28.7 Å². The Bertz CT molecular complexity index is 1580. The Balaban J connectivity index is 0.00000500. The van der Waals surface area contributed by atoms with E-state index < -0.39 is 22.9 Å². The average molecular weight is 660 g/mol. The van der Waals surface area contributed by atoms with Crippen LogP contribution >= 0.6 is 13.5 Å². The second-order valence-corrected chi connectivity index (χ2v) is 13.0. The third-order valence-electron chi connectivity index (χ3n) is 8.86. The Morgan fingerprint density at radius 2 is 1.51 bits per heavy atom. The van der Waals surface area contributed by atoms with E-state index in [9.17, 15) is 19.2 Å². The summed E-state index contributed by atoms with van der Waals surface area (Å²) in [4.78, 5) is 55.6. The van der Waals surface area contributed by atoms with Crippen molar-refractivity contribution in [1.29, 1.82) is 0 Å². The quantitative estimate of drug-likeness (QED) is 0.335. The van der Waals surface area contributed by atoms with Crippen LogP contribution in [0.2, 0.25) is 0 Å². The smallest absolute Gasteiger partial charge is 0.325 e. The van der Waals surface area contributed by atoms with Crippen LogP contribution in [0.25, 0.3) is 0 Å². The molecule has 0 bridgehead atoms. The molecule has 0 spiro atoms. The summed E-state index contributed by atoms with van der Waals surface area (Å²) in [7, 11) is 1.54. The number of hydrogen-bond acceptors (Lipinski definition) is 6. The van der Waals surface area contributed by atoms with Crippen molar-refractivity contribution in [2.24, 2.45) is 0 Å². The lowest BCUT2D eigenvalue weighted by Crippen LogP contribution is -2.52. The van der Waals surface area contributed by atoms with Gasteiger partial charge in [-0.05, 0) is 75.3 Å². The van der Waals surface area contributed by atoms with Crippen LogP contribution < -0.4 is 15.4 Å². The monoisotopic (exact) mass is 659 g/mol. The number of amides is 3. The molecule has 1 heterocycles. The van der Waals surface area contributed by atoms with Crippen LogP contribution in [-0.4, -0.2) is 67.0 Å². The van der Waals surface area contributed by atoms with E-state index in [-0.39, 0.29) is 43.8 Å². The molecule has 2 aliphatic rings. The maximum atomic E-state index is 14.1. The summed E-state index contributed by atoms with van der Waals surface area (Å²) in [5.74, 6) is -0.860. The van der Waals surface area contributed by atoms with Crippen LogP contribution in [0.3, 0.4) is 0 Å². The van der Waals surface area contributed by atoms with Crippen LogP contribution in [-0.2, 0) is 24.5 Å². The van der Waals surface area contributed by atoms with Gasteiger partial charge in [0.15, 0.2) is 0 Å². The minimum absolute atomic E-state index is 0. The van der Waals surface area contributed by atoms with E-state index in [0.717, 1.165) is 16.7 Å². The molecule has 47 heavy (non-hydrogen) atoms. The number of nitrogens with one attached hydrogen (secondary N) is 2. The van der Waals surface area contributed by atoms with Crippen LogP contribution in [0.1, 0.15) is 79.4 Å². The summed E-state index contributed by atoms with van der Waals surface area (Å²) in [6.45, 7) is 6.15. The lowest BCUT2D eigenvalue weighted by Gasteiger charge is -2.42. The fourth-order valence-electron chi connectivity index (χ4n) is 6.73. The predicted molar refractivity (Wildman–Crippen MR) is 185 cm³/mol. The summed E-state index contributed by atoms with van der Waals surface area (Å²) in [5, 5.41) is 5.95. The summed E-state index contributed by atoms with van der Waals surface area (Å²) >= 11 is 0. The number of para-hydroxylation sites is 1. The Morgan fingerprint density at radius 3 is 2.19 bits per heavy atom. The van der Waals surface area contributed by atoms with Crippen molar-refractivity contribution in [3.05, 3.63) is 101 Å². The van der Waals surface area contributed by atoms with Crippen molar-refractivity contribution in [2.45, 2.75) is 69.4 Å². The van der Waals surface area contributed by atoms with Crippen LogP contribution in [0, 0.1) is 0 Å². The molecular weight excluding hydrogens is 614 g/mol. The molecule has 0 saturated carbocycles. The molecule has 0 unspecified atom stereocenters. The van der Waals surface area contributed by atoms with Crippen molar-refractivity contribution in [3.63, 3.8) is 0 Å². The van der Waals surface area contributed by atoms with Crippen LogP contribution in [0.15, 0.2) is 78.9 Å². The van der Waals surface area contributed by atoms with Gasteiger partial charge >= 0.3 is 5.97 Å². The Labute approximate surface area is 283 Å². The molecule has 1 saturated heterocycles. The highest BCUT2D eigenvalue weighted by atomic mass is 32.1. The molecule has 2 atom stereocenters. The standard InChI is InChI=1S/C37H43N3O6.H2S/c1-36(2,3)46-32(41)24-38-35(44)37(25-12-6-5-7-13-25)21-18-28(27-14-8-10-16-30(27)37)34(43)40-22-19-26(20-23-40)39-33(42)29-15-9-11-17-31(29)45-4;/h5-17,26,28H,18-24H2,1-4H3,(H,38,44)(H,39,42);1H2/t28-,37+;/m0./s1. The highest BCUT2D eigenvalue weighted by molar-refractivity contribution is 7.59. The summed E-state index contributed by atoms with van der Waals surface area (Å²) in [5.41, 5.74) is 1.14. The largest absolute Gasteiger partial charge is 0.496 e. The van der Waals surface area contributed by atoms with Gasteiger partial charge in [0.2, 0.25) is 11.8 Å². The number of benzene rings is 3. The minimum Gasteiger partial charge on any atom is -0.496 e. The first-order chi connectivity index (χ1) is 22.0. The van der Waals surface area contributed by atoms with Gasteiger partial charge in [-0.15, -0.1) is 0 Å². The van der Waals surface area contributed by atoms with E-state index in [2.05, 4.69) is 10.6 Å². The van der Waals surface area contributed by atoms with E-state index in [1.807, 2.05) is 65.6 Å². The molecule has 0 aromatic heterocycles. The van der Waals surface area contributed by atoms with E-state index >= 15 is 0 Å². The van der Waals surface area contributed by atoms with Gasteiger partial charge in [-0.25, -0.2) is 0 Å². The number of carbonyl (C=O) groups excluding carboxylic acids is 4. The van der Waals surface area contributed by atoms with Crippen LogP contribution in [0.4, 0.5) is 0 Å². The number of esters is 1. The van der Waals surface area contributed by atoms with Gasteiger partial charge in [-0.3, -0.25) is 19.2 Å². The first-order valence-electron chi connectivity index (χ1n) is 15.9. The molecule has 0 radical (unpaired) electrons. The normalized spacial score (nSPS) is 19.4. The first kappa shape index (κ1) is 35.5. The van der Waals surface area contributed by atoms with Gasteiger partial charge in [0.25, 0.3) is 5.91 Å². The summed E-state index contributed by atoms with van der Waals surface area (Å²) < 4.78 is 10.8.